The number of rotatable bonds is 4. The molecule has 1 fully saturated rings. The van der Waals surface area contributed by atoms with Crippen molar-refractivity contribution in [3.63, 3.8) is 0 Å². The molecule has 1 aromatic rings. The summed E-state index contributed by atoms with van der Waals surface area (Å²) in [6.45, 7) is 2.75. The van der Waals surface area contributed by atoms with Crippen LogP contribution in [0.4, 0.5) is 4.39 Å². The van der Waals surface area contributed by atoms with Gasteiger partial charge in [0.2, 0.25) is 0 Å². The summed E-state index contributed by atoms with van der Waals surface area (Å²) in [5, 5.41) is 12.8. The van der Waals surface area contributed by atoms with E-state index in [1.165, 1.54) is 18.9 Å². The molecule has 2 N–H and O–H groups in total. The van der Waals surface area contributed by atoms with E-state index in [9.17, 15) is 9.50 Å². The maximum Gasteiger partial charge on any atom is 0.127 e. The highest BCUT2D eigenvalue weighted by Gasteiger charge is 2.23. The molecule has 1 aliphatic carbocycles. The number of nitrogens with one attached hydrogen (secondary N) is 1. The summed E-state index contributed by atoms with van der Waals surface area (Å²) in [4.78, 5) is 0. The predicted molar refractivity (Wildman–Crippen MR) is 70.8 cm³/mol. The molecule has 2 rings (SSSR count). The lowest BCUT2D eigenvalue weighted by atomic mass is 9.85. The molecule has 2 unspecified atom stereocenters. The van der Waals surface area contributed by atoms with Crippen LogP contribution in [0.3, 0.4) is 0 Å². The smallest absolute Gasteiger partial charge is 0.127 e. The summed E-state index contributed by atoms with van der Waals surface area (Å²) in [6.07, 6.45) is 4.55. The third-order valence-electron chi connectivity index (χ3n) is 3.90. The maximum absolute atomic E-state index is 13.6. The van der Waals surface area contributed by atoms with Gasteiger partial charge in [-0.15, -0.1) is 0 Å². The highest BCUT2D eigenvalue weighted by atomic mass is 19.1. The third kappa shape index (κ3) is 3.30. The van der Waals surface area contributed by atoms with Crippen LogP contribution in [-0.2, 0) is 6.54 Å². The standard InChI is InChI=1S/C15H22FNO/c1-11-6-7-14(16)13(8-11)9-17-15-5-3-2-4-12(15)10-18/h6-8,12,15,17-18H,2-5,9-10H2,1H3. The van der Waals surface area contributed by atoms with Gasteiger partial charge in [0.1, 0.15) is 5.82 Å². The number of hydrogen-bond donors (Lipinski definition) is 2. The van der Waals surface area contributed by atoms with Crippen LogP contribution < -0.4 is 5.32 Å². The van der Waals surface area contributed by atoms with Gasteiger partial charge in [-0.3, -0.25) is 0 Å². The SMILES string of the molecule is Cc1ccc(F)c(CNC2CCCCC2CO)c1. The number of aliphatic hydroxyl groups is 1. The molecule has 18 heavy (non-hydrogen) atoms. The largest absolute Gasteiger partial charge is 0.396 e. The molecule has 3 heteroatoms. The summed E-state index contributed by atoms with van der Waals surface area (Å²) >= 11 is 0. The van der Waals surface area contributed by atoms with Crippen molar-refractivity contribution < 1.29 is 9.50 Å². The van der Waals surface area contributed by atoms with Crippen LogP contribution >= 0.6 is 0 Å². The Morgan fingerprint density at radius 3 is 2.89 bits per heavy atom. The van der Waals surface area contributed by atoms with Crippen molar-refractivity contribution in [3.05, 3.63) is 35.1 Å². The van der Waals surface area contributed by atoms with Crippen molar-refractivity contribution in [1.82, 2.24) is 5.32 Å². The summed E-state index contributed by atoms with van der Waals surface area (Å²) < 4.78 is 13.6. The molecule has 0 radical (unpaired) electrons. The first-order valence-corrected chi connectivity index (χ1v) is 6.80. The van der Waals surface area contributed by atoms with Gasteiger partial charge >= 0.3 is 0 Å². The van der Waals surface area contributed by atoms with E-state index in [1.807, 2.05) is 13.0 Å². The molecule has 0 aromatic heterocycles. The molecule has 1 aliphatic rings. The number of aryl methyl sites for hydroxylation is 1. The van der Waals surface area contributed by atoms with Crippen LogP contribution in [-0.4, -0.2) is 17.8 Å². The maximum atomic E-state index is 13.6. The summed E-state index contributed by atoms with van der Waals surface area (Å²) in [6, 6.07) is 5.52. The molecule has 0 aliphatic heterocycles. The first-order valence-electron chi connectivity index (χ1n) is 6.80. The molecule has 100 valence electrons. The summed E-state index contributed by atoms with van der Waals surface area (Å²) in [7, 11) is 0. The molecule has 1 saturated carbocycles. The first-order chi connectivity index (χ1) is 8.70. The van der Waals surface area contributed by atoms with Gasteiger partial charge in [-0.05, 0) is 31.7 Å². The van der Waals surface area contributed by atoms with Crippen LogP contribution in [0.25, 0.3) is 0 Å². The fourth-order valence-electron chi connectivity index (χ4n) is 2.77. The molecule has 1 aromatic carbocycles. The van der Waals surface area contributed by atoms with Crippen molar-refractivity contribution in [2.75, 3.05) is 6.61 Å². The lowest BCUT2D eigenvalue weighted by molar-refractivity contribution is 0.152. The average molecular weight is 251 g/mol. The Morgan fingerprint density at radius 1 is 1.33 bits per heavy atom. The third-order valence-corrected chi connectivity index (χ3v) is 3.90. The normalized spacial score (nSPS) is 24.2. The molecule has 0 heterocycles. The second-order valence-corrected chi connectivity index (χ2v) is 5.31. The van der Waals surface area contributed by atoms with Crippen LogP contribution in [0.1, 0.15) is 36.8 Å². The van der Waals surface area contributed by atoms with E-state index in [1.54, 1.807) is 6.07 Å². The Hall–Kier alpha value is -0.930. The van der Waals surface area contributed by atoms with E-state index in [-0.39, 0.29) is 12.4 Å². The van der Waals surface area contributed by atoms with Gasteiger partial charge in [0.25, 0.3) is 0 Å². The molecule has 2 nitrogen and oxygen atoms in total. The molecular formula is C15H22FNO. The number of aliphatic hydroxyl groups excluding tert-OH is 1. The number of benzene rings is 1. The summed E-state index contributed by atoms with van der Waals surface area (Å²) in [5.41, 5.74) is 1.80. The molecule has 2 atom stereocenters. The van der Waals surface area contributed by atoms with Crippen molar-refractivity contribution >= 4 is 0 Å². The molecule has 0 saturated heterocycles. The van der Waals surface area contributed by atoms with Crippen LogP contribution in [0.5, 0.6) is 0 Å². The lowest BCUT2D eigenvalue weighted by Crippen LogP contribution is -2.39. The Kier molecular flexibility index (Phi) is 4.72. The van der Waals surface area contributed by atoms with Crippen LogP contribution in [0.15, 0.2) is 18.2 Å². The van der Waals surface area contributed by atoms with Gasteiger partial charge in [0.05, 0.1) is 0 Å². The van der Waals surface area contributed by atoms with E-state index in [4.69, 9.17) is 0 Å². The minimum atomic E-state index is -0.149. The lowest BCUT2D eigenvalue weighted by Gasteiger charge is -2.31. The Bertz CT molecular complexity index is 394. The van der Waals surface area contributed by atoms with Gasteiger partial charge in [0.15, 0.2) is 0 Å². The zero-order valence-corrected chi connectivity index (χ0v) is 11.0. The fraction of sp³-hybridized carbons (Fsp3) is 0.600. The van der Waals surface area contributed by atoms with Gasteiger partial charge in [0, 0.05) is 24.8 Å². The molecule has 0 amide bonds. The second kappa shape index (κ2) is 6.30. The predicted octanol–water partition coefficient (Wildman–Crippen LogP) is 2.77. The quantitative estimate of drug-likeness (QED) is 0.862. The fourth-order valence-corrected chi connectivity index (χ4v) is 2.77. The summed E-state index contributed by atoms with van der Waals surface area (Å²) in [5.74, 6) is 0.177. The molecular weight excluding hydrogens is 229 g/mol. The van der Waals surface area contributed by atoms with Gasteiger partial charge in [-0.25, -0.2) is 4.39 Å². The van der Waals surface area contributed by atoms with E-state index >= 15 is 0 Å². The average Bonchev–Trinajstić information content (AvgIpc) is 2.40. The zero-order chi connectivity index (χ0) is 13.0. The minimum Gasteiger partial charge on any atom is -0.396 e. The van der Waals surface area contributed by atoms with Crippen LogP contribution in [0, 0.1) is 18.7 Å². The van der Waals surface area contributed by atoms with Gasteiger partial charge < -0.3 is 10.4 Å². The van der Waals surface area contributed by atoms with E-state index in [2.05, 4.69) is 5.32 Å². The topological polar surface area (TPSA) is 32.3 Å². The van der Waals surface area contributed by atoms with Crippen LogP contribution in [0.2, 0.25) is 0 Å². The van der Waals surface area contributed by atoms with Crippen molar-refractivity contribution in [3.8, 4) is 0 Å². The van der Waals surface area contributed by atoms with Gasteiger partial charge in [-0.1, -0.05) is 30.5 Å². The Balaban J connectivity index is 1.95. The zero-order valence-electron chi connectivity index (χ0n) is 11.0. The Morgan fingerprint density at radius 2 is 2.11 bits per heavy atom. The van der Waals surface area contributed by atoms with E-state index in [0.717, 1.165) is 24.0 Å². The van der Waals surface area contributed by atoms with E-state index in [0.29, 0.717) is 18.5 Å². The highest BCUT2D eigenvalue weighted by molar-refractivity contribution is 5.24. The van der Waals surface area contributed by atoms with E-state index < -0.39 is 0 Å². The number of halogens is 1. The van der Waals surface area contributed by atoms with Gasteiger partial charge in [-0.2, -0.15) is 0 Å². The highest BCUT2D eigenvalue weighted by Crippen LogP contribution is 2.24. The van der Waals surface area contributed by atoms with Crippen molar-refractivity contribution in [1.29, 1.82) is 0 Å². The molecule has 0 spiro atoms. The monoisotopic (exact) mass is 251 g/mol. The molecule has 0 bridgehead atoms. The van der Waals surface area contributed by atoms with Crippen molar-refractivity contribution in [2.24, 2.45) is 5.92 Å². The second-order valence-electron chi connectivity index (χ2n) is 5.31. The minimum absolute atomic E-state index is 0.149. The first kappa shape index (κ1) is 13.5. The Labute approximate surface area is 108 Å². The van der Waals surface area contributed by atoms with Crippen molar-refractivity contribution in [2.45, 2.75) is 45.2 Å². The number of hydrogen-bond acceptors (Lipinski definition) is 2.